The van der Waals surface area contributed by atoms with Crippen LogP contribution in [0.25, 0.3) is 0 Å². The van der Waals surface area contributed by atoms with Crippen LogP contribution in [0.15, 0.2) is 35.9 Å². The van der Waals surface area contributed by atoms with Gasteiger partial charge in [-0.2, -0.15) is 11.8 Å². The molecule has 56 heavy (non-hydrogen) atoms. The summed E-state index contributed by atoms with van der Waals surface area (Å²) >= 11 is 8.09. The lowest BCUT2D eigenvalue weighted by Crippen LogP contribution is -2.59. The summed E-state index contributed by atoms with van der Waals surface area (Å²) in [5.74, 6) is -1.94. The molecule has 0 aliphatic carbocycles. The van der Waals surface area contributed by atoms with Crippen molar-refractivity contribution in [1.82, 2.24) is 10.2 Å². The zero-order valence-corrected chi connectivity index (χ0v) is 34.7. The van der Waals surface area contributed by atoms with E-state index in [-0.39, 0.29) is 43.0 Å². The molecule has 3 heterocycles. The second-order valence-electron chi connectivity index (χ2n) is 14.8. The number of carboxylic acids is 1. The molecule has 15 nitrogen and oxygen atoms in total. The molecule has 0 saturated carbocycles. The number of aliphatic carboxylic acids is 1. The van der Waals surface area contributed by atoms with Gasteiger partial charge in [0.15, 0.2) is 0 Å². The smallest absolute Gasteiger partial charge is 0.409 e. The lowest BCUT2D eigenvalue weighted by molar-refractivity contribution is -0.162. The van der Waals surface area contributed by atoms with Crippen LogP contribution in [0.2, 0.25) is 5.02 Å². The molecule has 3 amide bonds. The van der Waals surface area contributed by atoms with Gasteiger partial charge < -0.3 is 43.7 Å². The molecule has 3 N–H and O–H groups in total. The average molecular weight is 824 g/mol. The highest BCUT2D eigenvalue weighted by atomic mass is 35.5. The molecule has 1 aromatic rings. The van der Waals surface area contributed by atoms with Crippen LogP contribution >= 0.6 is 23.4 Å². The largest absolute Gasteiger partial charge is 0.495 e. The molecule has 2 saturated heterocycles. The molecule has 3 aliphatic heterocycles. The molecule has 0 radical (unpaired) electrons. The summed E-state index contributed by atoms with van der Waals surface area (Å²) < 4.78 is 29.2. The molecule has 2 fully saturated rings. The standard InChI is InChI=1S/C39H54ClN3O12S/c1-22-10-9-11-26(51-7)20-39(50)21-29(53-37(49)41-39)23(2)35-38(4,55-35)30(19-32(45)43(6)27-17-25(16-22)18-28(52-8)34(27)40)54-36(48)24(3)42(5)31(44)12-14-56-15-13-33(46)47/h9-11,17-18,23-24,26,29-30,35,50H,12-16,19-21H2,1-8H3,(H,41,49)(H,46,47)/b11-9+,22-10+/t23-,24+,26-,29+,30+,35+,38?,39-/m1/s1. The Balaban J connectivity index is 1.67. The van der Waals surface area contributed by atoms with Crippen LogP contribution in [0.3, 0.4) is 0 Å². The fraction of sp³-hybridized carbons (Fsp3) is 0.615. The predicted molar refractivity (Wildman–Crippen MR) is 210 cm³/mol. The number of alkyl carbamates (subject to hydrolysis) is 1. The summed E-state index contributed by atoms with van der Waals surface area (Å²) in [4.78, 5) is 67.2. The van der Waals surface area contributed by atoms with Gasteiger partial charge in [-0.05, 0) is 44.9 Å². The summed E-state index contributed by atoms with van der Waals surface area (Å²) in [5.41, 5.74) is -0.795. The van der Waals surface area contributed by atoms with Crippen LogP contribution in [0.5, 0.6) is 5.75 Å². The lowest BCUT2D eigenvalue weighted by atomic mass is 9.83. The second-order valence-corrected chi connectivity index (χ2v) is 16.4. The maximum atomic E-state index is 14.2. The Morgan fingerprint density at radius 2 is 1.88 bits per heavy atom. The number of nitrogens with zero attached hydrogens (tertiary/aromatic N) is 2. The summed E-state index contributed by atoms with van der Waals surface area (Å²) in [6.45, 7) is 6.94. The van der Waals surface area contributed by atoms with Crippen molar-refractivity contribution in [1.29, 1.82) is 0 Å². The van der Waals surface area contributed by atoms with Gasteiger partial charge in [-0.1, -0.05) is 42.3 Å². The van der Waals surface area contributed by atoms with Crippen molar-refractivity contribution in [2.45, 2.75) is 108 Å². The van der Waals surface area contributed by atoms with Gasteiger partial charge >= 0.3 is 18.0 Å². The normalized spacial score (nSPS) is 30.3. The Kier molecular flexibility index (Phi) is 15.3. The number of epoxide rings is 1. The molecule has 1 unspecified atom stereocenters. The summed E-state index contributed by atoms with van der Waals surface area (Å²) in [6, 6.07) is 2.53. The fourth-order valence-electron chi connectivity index (χ4n) is 6.96. The van der Waals surface area contributed by atoms with Gasteiger partial charge in [-0.15, -0.1) is 0 Å². The van der Waals surface area contributed by atoms with Gasteiger partial charge in [-0.3, -0.25) is 19.7 Å². The minimum atomic E-state index is -1.69. The molecule has 1 aromatic carbocycles. The molecule has 3 aliphatic rings. The molecule has 4 rings (SSSR count). The molecule has 4 bridgehead atoms. The Morgan fingerprint density at radius 1 is 1.18 bits per heavy atom. The average Bonchev–Trinajstić information content (AvgIpc) is 3.84. The van der Waals surface area contributed by atoms with Gasteiger partial charge in [-0.25, -0.2) is 9.59 Å². The van der Waals surface area contributed by atoms with Gasteiger partial charge in [0, 0.05) is 57.9 Å². The Bertz CT molecular complexity index is 1710. The number of hydrogen-bond donors (Lipinski definition) is 3. The first kappa shape index (κ1) is 44.9. The van der Waals surface area contributed by atoms with Crippen LogP contribution in [0, 0.1) is 5.92 Å². The SMILES string of the molecule is COc1cc2cc(c1Cl)N(C)C(=O)C[C@H](OC(=O)[C@H](C)N(C)C(=O)CCSCCC(=O)O)C1(C)O[C@H]1[C@H](C)[C@@H]1C[C@](O)(C[C@H](OC)/C=C/C=C(\C)C2)NC(=O)O1. The minimum Gasteiger partial charge on any atom is -0.495 e. The molecule has 0 aromatic heterocycles. The summed E-state index contributed by atoms with van der Waals surface area (Å²) in [6.07, 6.45) is 1.64. The van der Waals surface area contributed by atoms with Crippen molar-refractivity contribution in [3.63, 3.8) is 0 Å². The highest BCUT2D eigenvalue weighted by Gasteiger charge is 2.64. The van der Waals surface area contributed by atoms with E-state index in [0.717, 1.165) is 11.1 Å². The minimum absolute atomic E-state index is 0.00194. The maximum Gasteiger partial charge on any atom is 0.409 e. The number of amides is 3. The summed E-state index contributed by atoms with van der Waals surface area (Å²) in [5, 5.41) is 23.2. The number of likely N-dealkylation sites (N-methyl/N-ethyl adjacent to an activating group) is 1. The van der Waals surface area contributed by atoms with Crippen molar-refractivity contribution in [3.8, 4) is 5.75 Å². The Labute approximate surface area is 337 Å². The number of hydrogen-bond acceptors (Lipinski definition) is 12. The first-order chi connectivity index (χ1) is 26.3. The van der Waals surface area contributed by atoms with Crippen molar-refractivity contribution in [2.75, 3.05) is 44.7 Å². The quantitative estimate of drug-likeness (QED) is 0.161. The number of halogens is 1. The summed E-state index contributed by atoms with van der Waals surface area (Å²) in [7, 11) is 6.02. The van der Waals surface area contributed by atoms with E-state index in [1.54, 1.807) is 39.1 Å². The number of methoxy groups -OCH3 is 2. The number of anilines is 1. The van der Waals surface area contributed by atoms with E-state index in [1.165, 1.54) is 49.8 Å². The van der Waals surface area contributed by atoms with Crippen LogP contribution < -0.4 is 15.0 Å². The first-order valence-corrected chi connectivity index (χ1v) is 20.0. The number of carboxylic acid groups (broad SMARTS) is 1. The van der Waals surface area contributed by atoms with E-state index in [1.807, 2.05) is 19.1 Å². The molecule has 17 heteroatoms. The third-order valence-electron chi connectivity index (χ3n) is 10.6. The van der Waals surface area contributed by atoms with Crippen LogP contribution in [0.4, 0.5) is 10.5 Å². The Morgan fingerprint density at radius 3 is 2.54 bits per heavy atom. The predicted octanol–water partition coefficient (Wildman–Crippen LogP) is 4.50. The number of rotatable bonds is 11. The molecular formula is C39H54ClN3O12S. The number of aliphatic hydroxyl groups is 1. The van der Waals surface area contributed by atoms with E-state index in [9.17, 15) is 29.1 Å². The van der Waals surface area contributed by atoms with E-state index >= 15 is 0 Å². The van der Waals surface area contributed by atoms with Crippen LogP contribution in [-0.4, -0.2) is 127 Å². The van der Waals surface area contributed by atoms with E-state index in [4.69, 9.17) is 40.4 Å². The van der Waals surface area contributed by atoms with Crippen molar-refractivity contribution in [2.24, 2.45) is 5.92 Å². The zero-order chi connectivity index (χ0) is 41.5. The maximum absolute atomic E-state index is 14.2. The number of esters is 1. The number of carbonyl (C=O) groups is 5. The van der Waals surface area contributed by atoms with Gasteiger partial charge in [0.05, 0.1) is 37.8 Å². The highest BCUT2D eigenvalue weighted by molar-refractivity contribution is 7.99. The third-order valence-corrected chi connectivity index (χ3v) is 12.0. The third kappa shape index (κ3) is 11.2. The number of benzene rings is 1. The van der Waals surface area contributed by atoms with Gasteiger partial charge in [0.25, 0.3) is 0 Å². The van der Waals surface area contributed by atoms with E-state index < -0.39 is 71.6 Å². The highest BCUT2D eigenvalue weighted by Crippen LogP contribution is 2.49. The van der Waals surface area contributed by atoms with E-state index in [0.29, 0.717) is 29.4 Å². The number of ether oxygens (including phenoxy) is 5. The monoisotopic (exact) mass is 823 g/mol. The van der Waals surface area contributed by atoms with Gasteiger partial charge in [0.1, 0.15) is 40.3 Å². The second kappa shape index (κ2) is 19.1. The number of fused-ring (bicyclic) bond motifs is 5. The van der Waals surface area contributed by atoms with E-state index in [2.05, 4.69) is 5.32 Å². The number of carbonyl (C=O) groups excluding carboxylic acids is 4. The lowest BCUT2D eigenvalue weighted by Gasteiger charge is -2.40. The first-order valence-electron chi connectivity index (χ1n) is 18.5. The van der Waals surface area contributed by atoms with Gasteiger partial charge in [0.2, 0.25) is 11.8 Å². The Hall–Kier alpha value is -3.83. The molecular weight excluding hydrogens is 770 g/mol. The number of nitrogens with one attached hydrogen (secondary N) is 1. The van der Waals surface area contributed by atoms with Crippen LogP contribution in [0.1, 0.15) is 65.4 Å². The van der Waals surface area contributed by atoms with Crippen LogP contribution in [-0.2, 0) is 44.5 Å². The molecule has 8 atom stereocenters. The topological polar surface area (TPSA) is 194 Å². The van der Waals surface area contributed by atoms with Crippen molar-refractivity contribution >= 4 is 58.9 Å². The number of thioether (sulfide) groups is 1. The fourth-order valence-corrected chi connectivity index (χ4v) is 8.11. The number of allylic oxidation sites excluding steroid dienone is 3. The molecule has 0 spiro atoms. The van der Waals surface area contributed by atoms with Crippen molar-refractivity contribution < 1.29 is 57.9 Å². The zero-order valence-electron chi connectivity index (χ0n) is 33.2. The van der Waals surface area contributed by atoms with Crippen molar-refractivity contribution in [3.05, 3.63) is 46.5 Å². The molecule has 310 valence electrons.